The fraction of sp³-hybridized carbons (Fsp3) is 0.143. The molecule has 0 bridgehead atoms. The van der Waals surface area contributed by atoms with Crippen molar-refractivity contribution < 1.29 is 14.4 Å². The number of benzene rings is 1. The minimum atomic E-state index is -1.61. The van der Waals surface area contributed by atoms with Gasteiger partial charge in [-0.2, -0.15) is 0 Å². The molecule has 0 fully saturated rings. The number of rotatable bonds is 1. The zero-order valence-corrected chi connectivity index (χ0v) is 7.14. The van der Waals surface area contributed by atoms with Crippen molar-refractivity contribution in [2.45, 2.75) is 6.92 Å². The van der Waals surface area contributed by atoms with Crippen molar-refractivity contribution in [2.24, 2.45) is 0 Å². The van der Waals surface area contributed by atoms with E-state index in [0.29, 0.717) is 5.56 Å². The van der Waals surface area contributed by atoms with Crippen LogP contribution in [0.2, 0.25) is 5.02 Å². The molecule has 0 aliphatic carbocycles. The van der Waals surface area contributed by atoms with Gasteiger partial charge in [-0.25, -0.2) is 4.39 Å². The summed E-state index contributed by atoms with van der Waals surface area (Å²) < 4.78 is 12.9. The van der Waals surface area contributed by atoms with E-state index in [-0.39, 0.29) is 10.5 Å². The lowest BCUT2D eigenvalue weighted by Gasteiger charge is -2.03. The third-order valence-corrected chi connectivity index (χ3v) is 1.81. The monoisotopic (exact) mass is 188 g/mol. The molecule has 1 rings (SSSR count). The van der Waals surface area contributed by atoms with Crippen molar-refractivity contribution in [1.29, 1.82) is 0 Å². The number of halogens is 2. The minimum Gasteiger partial charge on any atom is -0.423 e. The number of aryl methyl sites for hydroxylation is 1. The van der Waals surface area contributed by atoms with Crippen molar-refractivity contribution in [3.8, 4) is 0 Å². The summed E-state index contributed by atoms with van der Waals surface area (Å²) >= 11 is 5.47. The molecule has 0 heterocycles. The van der Waals surface area contributed by atoms with Crippen LogP contribution in [0.15, 0.2) is 12.1 Å². The molecule has 64 valence electrons. The maximum absolute atomic E-state index is 12.9. The first-order chi connectivity index (χ1) is 5.52. The predicted octanol–water partition coefficient (Wildman–Crippen LogP) is 0.467. The molecule has 12 heavy (non-hydrogen) atoms. The van der Waals surface area contributed by atoms with E-state index >= 15 is 0 Å². The third-order valence-electron chi connectivity index (χ3n) is 1.53. The summed E-state index contributed by atoms with van der Waals surface area (Å²) in [6.45, 7) is 1.51. The van der Waals surface area contributed by atoms with E-state index in [1.54, 1.807) is 0 Å². The lowest BCUT2D eigenvalue weighted by Crippen LogP contribution is -2.30. The summed E-state index contributed by atoms with van der Waals surface area (Å²) in [7, 11) is -1.61. The zero-order valence-electron chi connectivity index (χ0n) is 6.38. The highest BCUT2D eigenvalue weighted by Crippen LogP contribution is 2.15. The highest BCUT2D eigenvalue weighted by molar-refractivity contribution is 6.59. The van der Waals surface area contributed by atoms with E-state index in [1.165, 1.54) is 19.1 Å². The number of hydrogen-bond donors (Lipinski definition) is 2. The van der Waals surface area contributed by atoms with Crippen molar-refractivity contribution in [2.75, 3.05) is 0 Å². The Morgan fingerprint density at radius 1 is 1.42 bits per heavy atom. The molecule has 0 spiro atoms. The Bertz CT molecular complexity index is 280. The average molecular weight is 188 g/mol. The first-order valence-corrected chi connectivity index (χ1v) is 3.72. The molecule has 0 aromatic heterocycles. The molecule has 1 aromatic rings. The topological polar surface area (TPSA) is 40.5 Å². The van der Waals surface area contributed by atoms with Crippen LogP contribution in [-0.2, 0) is 0 Å². The van der Waals surface area contributed by atoms with Crippen LogP contribution in [0.5, 0.6) is 0 Å². The van der Waals surface area contributed by atoms with Crippen LogP contribution in [0.4, 0.5) is 4.39 Å². The molecule has 0 amide bonds. The van der Waals surface area contributed by atoms with Gasteiger partial charge in [0.25, 0.3) is 0 Å². The normalized spacial score (nSPS) is 10.1. The third kappa shape index (κ3) is 1.77. The predicted molar refractivity (Wildman–Crippen MR) is 46.0 cm³/mol. The van der Waals surface area contributed by atoms with Crippen LogP contribution in [0.1, 0.15) is 5.56 Å². The van der Waals surface area contributed by atoms with Crippen molar-refractivity contribution in [1.82, 2.24) is 0 Å². The quantitative estimate of drug-likeness (QED) is 0.629. The largest absolute Gasteiger partial charge is 0.488 e. The highest BCUT2D eigenvalue weighted by atomic mass is 35.5. The second kappa shape index (κ2) is 3.43. The van der Waals surface area contributed by atoms with Crippen LogP contribution in [0.3, 0.4) is 0 Å². The lowest BCUT2D eigenvalue weighted by atomic mass is 9.79. The smallest absolute Gasteiger partial charge is 0.423 e. The molecule has 0 unspecified atom stereocenters. The lowest BCUT2D eigenvalue weighted by molar-refractivity contribution is 0.425. The summed E-state index contributed by atoms with van der Waals surface area (Å²) in [5.74, 6) is -0.527. The second-order valence-corrected chi connectivity index (χ2v) is 2.91. The van der Waals surface area contributed by atoms with E-state index in [2.05, 4.69) is 0 Å². The molecule has 0 aliphatic rings. The van der Waals surface area contributed by atoms with Gasteiger partial charge in [-0.15, -0.1) is 0 Å². The van der Waals surface area contributed by atoms with Gasteiger partial charge in [0, 0.05) is 0 Å². The van der Waals surface area contributed by atoms with Crippen molar-refractivity contribution in [3.05, 3.63) is 28.5 Å². The highest BCUT2D eigenvalue weighted by Gasteiger charge is 2.14. The average Bonchev–Trinajstić information content (AvgIpc) is 1.99. The van der Waals surface area contributed by atoms with Gasteiger partial charge >= 0.3 is 7.12 Å². The first kappa shape index (κ1) is 9.51. The molecule has 0 radical (unpaired) electrons. The molecule has 0 saturated carbocycles. The first-order valence-electron chi connectivity index (χ1n) is 3.34. The number of hydrogen-bond acceptors (Lipinski definition) is 2. The molecule has 0 aliphatic heterocycles. The van der Waals surface area contributed by atoms with Gasteiger partial charge in [0.1, 0.15) is 5.82 Å². The Labute approximate surface area is 74.7 Å². The molecule has 0 atom stereocenters. The Balaban J connectivity index is 3.21. The van der Waals surface area contributed by atoms with E-state index in [9.17, 15) is 4.39 Å². The Kier molecular flexibility index (Phi) is 2.72. The van der Waals surface area contributed by atoms with E-state index in [1.807, 2.05) is 0 Å². The summed E-state index contributed by atoms with van der Waals surface area (Å²) in [6.07, 6.45) is 0. The molecule has 1 aromatic carbocycles. The molecule has 2 nitrogen and oxygen atoms in total. The van der Waals surface area contributed by atoms with Crippen LogP contribution in [0.25, 0.3) is 0 Å². The van der Waals surface area contributed by atoms with Gasteiger partial charge in [-0.1, -0.05) is 17.7 Å². The Hall–Kier alpha value is -0.575. The molecule has 5 heteroatoms. The van der Waals surface area contributed by atoms with Gasteiger partial charge in [0.2, 0.25) is 0 Å². The van der Waals surface area contributed by atoms with E-state index in [4.69, 9.17) is 21.6 Å². The summed E-state index contributed by atoms with van der Waals surface area (Å²) in [5.41, 5.74) is 0.490. The van der Waals surface area contributed by atoms with Crippen molar-refractivity contribution in [3.63, 3.8) is 0 Å². The van der Waals surface area contributed by atoms with Crippen LogP contribution in [-0.4, -0.2) is 17.2 Å². The van der Waals surface area contributed by atoms with Gasteiger partial charge < -0.3 is 10.0 Å². The second-order valence-electron chi connectivity index (χ2n) is 2.51. The van der Waals surface area contributed by atoms with E-state index in [0.717, 1.165) is 0 Å². The maximum Gasteiger partial charge on any atom is 0.488 e. The van der Waals surface area contributed by atoms with Crippen molar-refractivity contribution >= 4 is 24.2 Å². The van der Waals surface area contributed by atoms with Crippen LogP contribution < -0.4 is 5.46 Å². The van der Waals surface area contributed by atoms with Gasteiger partial charge in [0.15, 0.2) is 0 Å². The van der Waals surface area contributed by atoms with Gasteiger partial charge in [-0.3, -0.25) is 0 Å². The van der Waals surface area contributed by atoms with Crippen LogP contribution in [0, 0.1) is 12.7 Å². The Morgan fingerprint density at radius 3 is 2.42 bits per heavy atom. The molecule has 0 saturated heterocycles. The van der Waals surface area contributed by atoms with Gasteiger partial charge in [-0.05, 0) is 24.0 Å². The standard InChI is InChI=1S/C7H7BClFO2/c1-4-2-5(8(11)12)3-6(9)7(4)10/h2-3,11-12H,1H3. The maximum atomic E-state index is 12.9. The molecule has 2 N–H and O–H groups in total. The Morgan fingerprint density at radius 2 is 2.00 bits per heavy atom. The summed E-state index contributed by atoms with van der Waals surface area (Å²) in [6, 6.07) is 2.53. The summed E-state index contributed by atoms with van der Waals surface area (Å²) in [5, 5.41) is 17.4. The van der Waals surface area contributed by atoms with E-state index < -0.39 is 12.9 Å². The van der Waals surface area contributed by atoms with Crippen LogP contribution >= 0.6 is 11.6 Å². The fourth-order valence-corrected chi connectivity index (χ4v) is 1.18. The van der Waals surface area contributed by atoms with Gasteiger partial charge in [0.05, 0.1) is 5.02 Å². The fourth-order valence-electron chi connectivity index (χ4n) is 0.902. The zero-order chi connectivity index (χ0) is 9.30. The molecular weight excluding hydrogens is 181 g/mol. The summed E-state index contributed by atoms with van der Waals surface area (Å²) in [4.78, 5) is 0. The molecular formula is C7H7BClFO2. The minimum absolute atomic E-state index is 0.0990. The SMILES string of the molecule is Cc1cc(B(O)O)cc(Cl)c1F.